The van der Waals surface area contributed by atoms with Crippen LogP contribution in [0.2, 0.25) is 0 Å². The van der Waals surface area contributed by atoms with Crippen LogP contribution in [0.3, 0.4) is 0 Å². The molecule has 5 nitrogen and oxygen atoms in total. The molecule has 0 bridgehead atoms. The molecule has 1 unspecified atom stereocenters. The van der Waals surface area contributed by atoms with E-state index in [4.69, 9.17) is 5.73 Å². The molecule has 1 heterocycles. The Kier molecular flexibility index (Phi) is 2.22. The number of hydrogen-bond donors (Lipinski definition) is 2. The summed E-state index contributed by atoms with van der Waals surface area (Å²) in [4.78, 5) is 25.0. The van der Waals surface area contributed by atoms with Crippen molar-refractivity contribution in [2.45, 2.75) is 24.3 Å². The molecule has 5 heteroatoms. The number of anilines is 1. The first-order valence-electron chi connectivity index (χ1n) is 5.95. The summed E-state index contributed by atoms with van der Waals surface area (Å²) in [7, 11) is 0. The zero-order valence-electron chi connectivity index (χ0n) is 9.80. The van der Waals surface area contributed by atoms with E-state index in [1.165, 1.54) is 4.90 Å². The number of para-hydroxylation sites is 1. The molecule has 0 radical (unpaired) electrons. The van der Waals surface area contributed by atoms with Gasteiger partial charge in [0.2, 0.25) is 5.91 Å². The lowest BCUT2D eigenvalue weighted by atomic mass is 10.0. The fraction of sp³-hybridized carbons (Fsp3) is 0.385. The summed E-state index contributed by atoms with van der Waals surface area (Å²) in [5.74, 6) is -1.70. The summed E-state index contributed by atoms with van der Waals surface area (Å²) in [6, 6.07) is 7.14. The number of carbonyl (C=O) groups is 2. The van der Waals surface area contributed by atoms with E-state index < -0.39 is 17.4 Å². The summed E-state index contributed by atoms with van der Waals surface area (Å²) in [5, 5.41) is 9.21. The predicted octanol–water partition coefficient (Wildman–Crippen LogP) is 0.693. The van der Waals surface area contributed by atoms with Crippen molar-refractivity contribution in [1.29, 1.82) is 0 Å². The summed E-state index contributed by atoms with van der Waals surface area (Å²) in [5.41, 5.74) is 6.53. The van der Waals surface area contributed by atoms with Gasteiger partial charge in [0.05, 0.1) is 5.54 Å². The van der Waals surface area contributed by atoms with Crippen LogP contribution in [0.15, 0.2) is 24.3 Å². The fourth-order valence-electron chi connectivity index (χ4n) is 2.43. The van der Waals surface area contributed by atoms with E-state index >= 15 is 0 Å². The molecule has 1 aliphatic carbocycles. The normalized spacial score (nSPS) is 23.6. The minimum atomic E-state index is -0.903. The number of hydrogen-bond acceptors (Lipinski definition) is 3. The zero-order valence-corrected chi connectivity index (χ0v) is 9.80. The van der Waals surface area contributed by atoms with Gasteiger partial charge in [0, 0.05) is 12.2 Å². The highest BCUT2D eigenvalue weighted by Gasteiger charge is 2.51. The van der Waals surface area contributed by atoms with Crippen molar-refractivity contribution < 1.29 is 14.7 Å². The average molecular weight is 246 g/mol. The molecule has 1 amide bonds. The van der Waals surface area contributed by atoms with Gasteiger partial charge in [-0.05, 0) is 24.5 Å². The molecule has 18 heavy (non-hydrogen) atoms. The number of benzene rings is 1. The van der Waals surface area contributed by atoms with Crippen molar-refractivity contribution >= 4 is 17.6 Å². The Bertz CT molecular complexity index is 537. The van der Waals surface area contributed by atoms with Crippen molar-refractivity contribution in [3.63, 3.8) is 0 Å². The lowest BCUT2D eigenvalue weighted by Crippen LogP contribution is -2.45. The van der Waals surface area contributed by atoms with Gasteiger partial charge in [0.1, 0.15) is 5.92 Å². The molecule has 1 aromatic rings. The molecule has 1 fully saturated rings. The van der Waals surface area contributed by atoms with Crippen LogP contribution in [0.4, 0.5) is 5.69 Å². The van der Waals surface area contributed by atoms with E-state index in [9.17, 15) is 14.7 Å². The van der Waals surface area contributed by atoms with Crippen LogP contribution in [0.25, 0.3) is 0 Å². The van der Waals surface area contributed by atoms with Crippen LogP contribution in [0, 0.1) is 0 Å². The summed E-state index contributed by atoms with van der Waals surface area (Å²) in [6.45, 7) is 0.187. The van der Waals surface area contributed by atoms with E-state index in [0.29, 0.717) is 24.1 Å². The molecule has 3 N–H and O–H groups in total. The lowest BCUT2D eigenvalue weighted by molar-refractivity contribution is -0.138. The molecule has 0 saturated heterocycles. The van der Waals surface area contributed by atoms with Gasteiger partial charge in [-0.1, -0.05) is 18.2 Å². The second kappa shape index (κ2) is 3.55. The van der Waals surface area contributed by atoms with E-state index in [0.717, 1.165) is 0 Å². The van der Waals surface area contributed by atoms with Crippen molar-refractivity contribution in [2.75, 3.05) is 11.4 Å². The number of rotatable bonds is 2. The quantitative estimate of drug-likeness (QED) is 0.804. The molecule has 3 rings (SSSR count). The van der Waals surface area contributed by atoms with Crippen LogP contribution >= 0.6 is 0 Å². The molecule has 1 atom stereocenters. The Balaban J connectivity index is 1.99. The third-order valence-electron chi connectivity index (χ3n) is 3.73. The highest BCUT2D eigenvalue weighted by molar-refractivity contribution is 6.05. The monoisotopic (exact) mass is 246 g/mol. The van der Waals surface area contributed by atoms with E-state index in [1.54, 1.807) is 24.3 Å². The van der Waals surface area contributed by atoms with Gasteiger partial charge in [-0.2, -0.15) is 0 Å². The molecule has 1 aromatic carbocycles. The van der Waals surface area contributed by atoms with Gasteiger partial charge in [0.15, 0.2) is 0 Å². The Morgan fingerprint density at radius 1 is 1.33 bits per heavy atom. The van der Waals surface area contributed by atoms with Crippen LogP contribution in [0.1, 0.15) is 24.3 Å². The summed E-state index contributed by atoms with van der Waals surface area (Å²) < 4.78 is 0. The Morgan fingerprint density at radius 3 is 2.61 bits per heavy atom. The second-order valence-electron chi connectivity index (χ2n) is 5.02. The van der Waals surface area contributed by atoms with Crippen LogP contribution < -0.4 is 10.6 Å². The topological polar surface area (TPSA) is 83.6 Å². The van der Waals surface area contributed by atoms with Gasteiger partial charge in [-0.15, -0.1) is 0 Å². The third kappa shape index (κ3) is 1.51. The van der Waals surface area contributed by atoms with Crippen LogP contribution in [-0.4, -0.2) is 29.1 Å². The van der Waals surface area contributed by atoms with Crippen molar-refractivity contribution in [3.05, 3.63) is 29.8 Å². The number of nitrogens with zero attached hydrogens (tertiary/aromatic N) is 1. The molecular formula is C13H14N2O3. The molecule has 1 saturated carbocycles. The first-order valence-corrected chi connectivity index (χ1v) is 5.95. The van der Waals surface area contributed by atoms with Gasteiger partial charge >= 0.3 is 5.97 Å². The Hall–Kier alpha value is -1.88. The SMILES string of the molecule is NC1(C(=O)N2CC(C(=O)O)c3ccccc32)CC1. The van der Waals surface area contributed by atoms with Crippen LogP contribution in [0.5, 0.6) is 0 Å². The predicted molar refractivity (Wildman–Crippen MR) is 65.3 cm³/mol. The van der Waals surface area contributed by atoms with E-state index in [2.05, 4.69) is 0 Å². The zero-order chi connectivity index (χ0) is 12.9. The maximum Gasteiger partial charge on any atom is 0.312 e. The first-order chi connectivity index (χ1) is 8.53. The number of amides is 1. The number of carbonyl (C=O) groups excluding carboxylic acids is 1. The van der Waals surface area contributed by atoms with Gasteiger partial charge in [-0.25, -0.2) is 0 Å². The largest absolute Gasteiger partial charge is 0.481 e. The van der Waals surface area contributed by atoms with Crippen LogP contribution in [-0.2, 0) is 9.59 Å². The summed E-state index contributed by atoms with van der Waals surface area (Å²) >= 11 is 0. The standard InChI is InChI=1S/C13H14N2O3/c14-13(5-6-13)12(18)15-7-9(11(16)17)8-3-1-2-4-10(8)15/h1-4,9H,5-7,14H2,(H,16,17). The van der Waals surface area contributed by atoms with Crippen molar-refractivity contribution in [3.8, 4) is 0 Å². The maximum absolute atomic E-state index is 12.3. The highest BCUT2D eigenvalue weighted by Crippen LogP contribution is 2.41. The van der Waals surface area contributed by atoms with Gasteiger partial charge in [0.25, 0.3) is 0 Å². The van der Waals surface area contributed by atoms with E-state index in [-0.39, 0.29) is 12.5 Å². The number of nitrogens with two attached hydrogens (primary N) is 1. The minimum absolute atomic E-state index is 0.154. The van der Waals surface area contributed by atoms with Gasteiger partial charge in [-0.3, -0.25) is 9.59 Å². The molecule has 2 aliphatic rings. The fourth-order valence-corrected chi connectivity index (χ4v) is 2.43. The van der Waals surface area contributed by atoms with Gasteiger partial charge < -0.3 is 15.7 Å². The van der Waals surface area contributed by atoms with E-state index in [1.807, 2.05) is 0 Å². The smallest absolute Gasteiger partial charge is 0.312 e. The molecule has 0 spiro atoms. The average Bonchev–Trinajstić information content (AvgIpc) is 2.98. The molecule has 0 aromatic heterocycles. The molecule has 1 aliphatic heterocycles. The number of carboxylic acid groups (broad SMARTS) is 1. The molecule has 94 valence electrons. The highest BCUT2D eigenvalue weighted by atomic mass is 16.4. The van der Waals surface area contributed by atoms with Crippen molar-refractivity contribution in [1.82, 2.24) is 0 Å². The number of carboxylic acids is 1. The second-order valence-corrected chi connectivity index (χ2v) is 5.02. The number of fused-ring (bicyclic) bond motifs is 1. The third-order valence-corrected chi connectivity index (χ3v) is 3.73. The lowest BCUT2D eigenvalue weighted by Gasteiger charge is -2.21. The first kappa shape index (κ1) is 11.2. The Morgan fingerprint density at radius 2 is 2.00 bits per heavy atom. The minimum Gasteiger partial charge on any atom is -0.481 e. The summed E-state index contributed by atoms with van der Waals surface area (Å²) in [6.07, 6.45) is 1.37. The van der Waals surface area contributed by atoms with Crippen molar-refractivity contribution in [2.24, 2.45) is 5.73 Å². The Labute approximate surface area is 104 Å². The molecular weight excluding hydrogens is 232 g/mol. The number of aliphatic carboxylic acids is 1. The maximum atomic E-state index is 12.3.